The number of thioether (sulfide) groups is 1. The van der Waals surface area contributed by atoms with Gasteiger partial charge in [0.2, 0.25) is 0 Å². The molecule has 0 radical (unpaired) electrons. The van der Waals surface area contributed by atoms with Crippen molar-refractivity contribution in [2.75, 3.05) is 6.26 Å². The normalized spacial score (nSPS) is 28.1. The Morgan fingerprint density at radius 2 is 2.40 bits per heavy atom. The summed E-state index contributed by atoms with van der Waals surface area (Å²) in [5.41, 5.74) is 0. The smallest absolute Gasteiger partial charge is 0.0388 e. The van der Waals surface area contributed by atoms with Gasteiger partial charge in [-0.05, 0) is 43.9 Å². The van der Waals surface area contributed by atoms with Crippen LogP contribution in [0.1, 0.15) is 37.1 Å². The summed E-state index contributed by atoms with van der Waals surface area (Å²) in [5, 5.41) is 6.79. The highest BCUT2D eigenvalue weighted by Crippen LogP contribution is 2.30. The number of rotatable bonds is 4. The maximum atomic E-state index is 3.74. The van der Waals surface area contributed by atoms with Crippen LogP contribution in [0.25, 0.3) is 0 Å². The van der Waals surface area contributed by atoms with Crippen molar-refractivity contribution < 1.29 is 0 Å². The van der Waals surface area contributed by atoms with Gasteiger partial charge in [-0.15, -0.1) is 11.3 Å². The predicted molar refractivity (Wildman–Crippen MR) is 70.8 cm³/mol. The Hall–Kier alpha value is 0.01000. The molecule has 3 atom stereocenters. The van der Waals surface area contributed by atoms with Gasteiger partial charge in [-0.1, -0.05) is 6.07 Å². The predicted octanol–water partition coefficient (Wildman–Crippen LogP) is 3.68. The molecule has 1 heterocycles. The number of thiophene rings is 1. The molecule has 0 aromatic carbocycles. The molecule has 1 saturated carbocycles. The van der Waals surface area contributed by atoms with Crippen molar-refractivity contribution in [2.45, 2.75) is 43.5 Å². The number of nitrogens with one attached hydrogen (secondary N) is 1. The minimum atomic E-state index is 0.524. The molecule has 3 heteroatoms. The summed E-state index contributed by atoms with van der Waals surface area (Å²) in [6, 6.07) is 5.62. The average molecular weight is 241 g/mol. The average Bonchev–Trinajstić information content (AvgIpc) is 2.87. The molecule has 1 aromatic heterocycles. The van der Waals surface area contributed by atoms with E-state index in [2.05, 4.69) is 36.0 Å². The van der Waals surface area contributed by atoms with Gasteiger partial charge in [0.05, 0.1) is 0 Å². The zero-order chi connectivity index (χ0) is 10.7. The second-order valence-corrected chi connectivity index (χ2v) is 6.39. The highest BCUT2D eigenvalue weighted by Gasteiger charge is 2.25. The minimum absolute atomic E-state index is 0.524. The van der Waals surface area contributed by atoms with Gasteiger partial charge in [-0.3, -0.25) is 0 Å². The second-order valence-electron chi connectivity index (χ2n) is 4.27. The fourth-order valence-electron chi connectivity index (χ4n) is 2.28. The summed E-state index contributed by atoms with van der Waals surface area (Å²) in [6.45, 7) is 2.28. The maximum Gasteiger partial charge on any atom is 0.0388 e. The van der Waals surface area contributed by atoms with Gasteiger partial charge in [0.15, 0.2) is 0 Å². The Kier molecular flexibility index (Phi) is 4.12. The van der Waals surface area contributed by atoms with Crippen LogP contribution in [-0.2, 0) is 0 Å². The number of hydrogen-bond acceptors (Lipinski definition) is 3. The highest BCUT2D eigenvalue weighted by molar-refractivity contribution is 7.99. The van der Waals surface area contributed by atoms with Crippen molar-refractivity contribution in [1.82, 2.24) is 5.32 Å². The largest absolute Gasteiger partial charge is 0.307 e. The van der Waals surface area contributed by atoms with E-state index in [1.165, 1.54) is 24.1 Å². The lowest BCUT2D eigenvalue weighted by atomic mass is 10.2. The van der Waals surface area contributed by atoms with Crippen LogP contribution < -0.4 is 5.32 Å². The first-order valence-electron chi connectivity index (χ1n) is 5.62. The Morgan fingerprint density at radius 3 is 3.00 bits per heavy atom. The van der Waals surface area contributed by atoms with E-state index in [1.54, 1.807) is 0 Å². The molecule has 1 aliphatic carbocycles. The Bertz CT molecular complexity index is 284. The molecule has 0 unspecified atom stereocenters. The van der Waals surface area contributed by atoms with Crippen LogP contribution in [0.4, 0.5) is 0 Å². The van der Waals surface area contributed by atoms with E-state index < -0.39 is 0 Å². The van der Waals surface area contributed by atoms with Gasteiger partial charge in [-0.2, -0.15) is 11.8 Å². The van der Waals surface area contributed by atoms with Gasteiger partial charge >= 0.3 is 0 Å². The molecular weight excluding hydrogens is 222 g/mol. The molecule has 1 N–H and O–H groups in total. The first kappa shape index (κ1) is 11.5. The monoisotopic (exact) mass is 241 g/mol. The summed E-state index contributed by atoms with van der Waals surface area (Å²) < 4.78 is 0. The van der Waals surface area contributed by atoms with E-state index in [9.17, 15) is 0 Å². The molecule has 1 aliphatic rings. The summed E-state index contributed by atoms with van der Waals surface area (Å²) in [7, 11) is 0. The number of hydrogen-bond donors (Lipinski definition) is 1. The van der Waals surface area contributed by atoms with Gasteiger partial charge in [0, 0.05) is 22.2 Å². The molecule has 2 rings (SSSR count). The lowest BCUT2D eigenvalue weighted by molar-refractivity contribution is 0.466. The van der Waals surface area contributed by atoms with E-state index >= 15 is 0 Å². The molecule has 1 aromatic rings. The lowest BCUT2D eigenvalue weighted by Crippen LogP contribution is -2.29. The molecule has 0 spiro atoms. The van der Waals surface area contributed by atoms with Crippen LogP contribution in [0.3, 0.4) is 0 Å². The summed E-state index contributed by atoms with van der Waals surface area (Å²) in [4.78, 5) is 1.46. The van der Waals surface area contributed by atoms with Gasteiger partial charge in [0.1, 0.15) is 0 Å². The third kappa shape index (κ3) is 2.99. The molecule has 0 saturated heterocycles. The van der Waals surface area contributed by atoms with E-state index in [4.69, 9.17) is 0 Å². The van der Waals surface area contributed by atoms with E-state index in [1.807, 2.05) is 23.1 Å². The maximum absolute atomic E-state index is 3.74. The Balaban J connectivity index is 1.83. The third-order valence-corrected chi connectivity index (χ3v) is 5.32. The molecule has 0 amide bonds. The fraction of sp³-hybridized carbons (Fsp3) is 0.667. The second kappa shape index (κ2) is 5.37. The Labute approximate surface area is 101 Å². The SMILES string of the molecule is CS[C@H]1CC[C@H](N[C@@H](C)c2cccs2)C1. The first-order chi connectivity index (χ1) is 7.29. The van der Waals surface area contributed by atoms with Crippen molar-refractivity contribution in [3.63, 3.8) is 0 Å². The Morgan fingerprint density at radius 1 is 1.53 bits per heavy atom. The van der Waals surface area contributed by atoms with Crippen LogP contribution in [-0.4, -0.2) is 17.5 Å². The van der Waals surface area contributed by atoms with E-state index in [0.29, 0.717) is 6.04 Å². The van der Waals surface area contributed by atoms with Crippen LogP contribution in [0, 0.1) is 0 Å². The fourth-order valence-corrected chi connectivity index (χ4v) is 3.82. The van der Waals surface area contributed by atoms with E-state index in [-0.39, 0.29) is 0 Å². The molecule has 0 bridgehead atoms. The van der Waals surface area contributed by atoms with Crippen molar-refractivity contribution in [3.8, 4) is 0 Å². The van der Waals surface area contributed by atoms with Crippen LogP contribution in [0.2, 0.25) is 0 Å². The lowest BCUT2D eigenvalue weighted by Gasteiger charge is -2.18. The minimum Gasteiger partial charge on any atom is -0.307 e. The standard InChI is InChI=1S/C12H19NS2/c1-9(12-4-3-7-15-12)13-10-5-6-11(8-10)14-2/h3-4,7,9-11,13H,5-6,8H2,1-2H3/t9-,10-,11-/m0/s1. The summed E-state index contributed by atoms with van der Waals surface area (Å²) in [6.07, 6.45) is 6.31. The van der Waals surface area contributed by atoms with Gasteiger partial charge < -0.3 is 5.32 Å². The zero-order valence-electron chi connectivity index (χ0n) is 9.40. The molecule has 1 fully saturated rings. The van der Waals surface area contributed by atoms with Gasteiger partial charge in [0.25, 0.3) is 0 Å². The van der Waals surface area contributed by atoms with Crippen molar-refractivity contribution >= 4 is 23.1 Å². The third-order valence-electron chi connectivity index (χ3n) is 3.17. The molecule has 84 valence electrons. The van der Waals surface area contributed by atoms with E-state index in [0.717, 1.165) is 11.3 Å². The zero-order valence-corrected chi connectivity index (χ0v) is 11.0. The van der Waals surface area contributed by atoms with Crippen molar-refractivity contribution in [2.24, 2.45) is 0 Å². The summed E-state index contributed by atoms with van der Waals surface area (Å²) in [5.74, 6) is 0. The van der Waals surface area contributed by atoms with Crippen LogP contribution >= 0.6 is 23.1 Å². The van der Waals surface area contributed by atoms with Gasteiger partial charge in [-0.25, -0.2) is 0 Å². The quantitative estimate of drug-likeness (QED) is 0.863. The van der Waals surface area contributed by atoms with Crippen molar-refractivity contribution in [1.29, 1.82) is 0 Å². The summed E-state index contributed by atoms with van der Waals surface area (Å²) >= 11 is 3.88. The first-order valence-corrected chi connectivity index (χ1v) is 7.78. The van der Waals surface area contributed by atoms with Crippen LogP contribution in [0.5, 0.6) is 0 Å². The topological polar surface area (TPSA) is 12.0 Å². The highest BCUT2D eigenvalue weighted by atomic mass is 32.2. The molecule has 1 nitrogen and oxygen atoms in total. The van der Waals surface area contributed by atoms with Crippen molar-refractivity contribution in [3.05, 3.63) is 22.4 Å². The van der Waals surface area contributed by atoms with Crippen LogP contribution in [0.15, 0.2) is 17.5 Å². The molecular formula is C12H19NS2. The molecule has 0 aliphatic heterocycles. The molecule has 15 heavy (non-hydrogen) atoms.